The second-order valence-corrected chi connectivity index (χ2v) is 8.92. The molecule has 32 heavy (non-hydrogen) atoms. The van der Waals surface area contributed by atoms with E-state index in [1.807, 2.05) is 36.4 Å². The van der Waals surface area contributed by atoms with Crippen LogP contribution in [-0.2, 0) is 33.8 Å². The molecule has 0 N–H and O–H groups in total. The normalized spacial score (nSPS) is 15.0. The number of benzene rings is 2. The topological polar surface area (TPSA) is 49.9 Å². The number of methoxy groups -OCH3 is 1. The maximum Gasteiger partial charge on any atom is 0.305 e. The Morgan fingerprint density at radius 1 is 0.969 bits per heavy atom. The fourth-order valence-electron chi connectivity index (χ4n) is 4.23. The lowest BCUT2D eigenvalue weighted by Gasteiger charge is -2.30. The largest absolute Gasteiger partial charge is 0.469 e. The van der Waals surface area contributed by atoms with Crippen molar-refractivity contribution in [3.05, 3.63) is 82.0 Å². The molecular weight excluding hydrogens is 420 g/mol. The molecular formula is C26H28N2O3S. The molecule has 3 aromatic rings. The number of ether oxygens (including phenoxy) is 1. The summed E-state index contributed by atoms with van der Waals surface area (Å²) in [7, 11) is 1.43. The van der Waals surface area contributed by atoms with Gasteiger partial charge in [-0.3, -0.25) is 9.59 Å². The molecule has 0 amide bonds. The van der Waals surface area contributed by atoms with Crippen molar-refractivity contribution in [3.8, 4) is 0 Å². The minimum atomic E-state index is -0.345. The molecule has 1 aliphatic heterocycles. The van der Waals surface area contributed by atoms with Gasteiger partial charge in [-0.25, -0.2) is 0 Å². The second-order valence-electron chi connectivity index (χ2n) is 7.95. The Bertz CT molecular complexity index is 1040. The Morgan fingerprint density at radius 2 is 1.59 bits per heavy atom. The summed E-state index contributed by atoms with van der Waals surface area (Å²) in [5, 5.41) is 2.18. The molecule has 1 atom stereocenters. The molecule has 2 heterocycles. The molecule has 0 aliphatic carbocycles. The number of anilines is 2. The van der Waals surface area contributed by atoms with E-state index in [0.717, 1.165) is 36.9 Å². The predicted octanol–water partition coefficient (Wildman–Crippen LogP) is 5.19. The van der Waals surface area contributed by atoms with Crippen molar-refractivity contribution in [3.63, 3.8) is 0 Å². The average molecular weight is 449 g/mol. The van der Waals surface area contributed by atoms with Crippen LogP contribution in [0.25, 0.3) is 0 Å². The van der Waals surface area contributed by atoms with Gasteiger partial charge in [0.2, 0.25) is 0 Å². The minimum Gasteiger partial charge on any atom is -0.469 e. The lowest BCUT2D eigenvalue weighted by molar-refractivity contribution is -0.140. The van der Waals surface area contributed by atoms with Gasteiger partial charge in [0.1, 0.15) is 0 Å². The highest BCUT2D eigenvalue weighted by atomic mass is 32.1. The molecule has 6 heteroatoms. The number of hydrogen-bond donors (Lipinski definition) is 0. The molecule has 0 fully saturated rings. The number of aryl methyl sites for hydroxylation is 1. The molecule has 2 aromatic carbocycles. The molecule has 0 radical (unpaired) electrons. The van der Waals surface area contributed by atoms with Crippen molar-refractivity contribution in [1.29, 1.82) is 0 Å². The van der Waals surface area contributed by atoms with Crippen LogP contribution in [0.2, 0.25) is 0 Å². The number of rotatable bonds is 10. The molecule has 1 unspecified atom stereocenters. The van der Waals surface area contributed by atoms with Crippen molar-refractivity contribution in [2.45, 2.75) is 44.9 Å². The zero-order chi connectivity index (χ0) is 22.3. The highest BCUT2D eigenvalue weighted by molar-refractivity contribution is 7.11. The summed E-state index contributed by atoms with van der Waals surface area (Å²) in [5.41, 5.74) is 4.63. The Labute approximate surface area is 193 Å². The first-order valence-electron chi connectivity index (χ1n) is 10.9. The Morgan fingerprint density at radius 3 is 2.19 bits per heavy atom. The van der Waals surface area contributed by atoms with Gasteiger partial charge in [-0.05, 0) is 30.4 Å². The van der Waals surface area contributed by atoms with Crippen LogP contribution in [0.3, 0.4) is 0 Å². The Hall–Kier alpha value is -3.12. The van der Waals surface area contributed by atoms with Gasteiger partial charge in [0.15, 0.2) is 12.5 Å². The SMILES string of the molecule is COC(=O)CCCCc1scc2c1N(Cc1ccccc1)C(C=O)N2Cc1ccccc1. The van der Waals surface area contributed by atoms with E-state index in [1.54, 1.807) is 11.3 Å². The molecule has 1 aliphatic rings. The molecule has 0 saturated carbocycles. The molecule has 166 valence electrons. The van der Waals surface area contributed by atoms with Gasteiger partial charge in [-0.2, -0.15) is 0 Å². The summed E-state index contributed by atoms with van der Waals surface area (Å²) in [4.78, 5) is 29.5. The van der Waals surface area contributed by atoms with Crippen molar-refractivity contribution in [1.82, 2.24) is 0 Å². The number of nitrogens with zero attached hydrogens (tertiary/aromatic N) is 2. The van der Waals surface area contributed by atoms with Crippen molar-refractivity contribution in [2.75, 3.05) is 16.9 Å². The van der Waals surface area contributed by atoms with Crippen LogP contribution >= 0.6 is 11.3 Å². The van der Waals surface area contributed by atoms with Crippen LogP contribution in [0.4, 0.5) is 11.4 Å². The van der Waals surface area contributed by atoms with Crippen LogP contribution in [-0.4, -0.2) is 25.5 Å². The maximum absolute atomic E-state index is 12.3. The molecule has 4 rings (SSSR count). The first kappa shape index (κ1) is 22.1. The van der Waals surface area contributed by atoms with Gasteiger partial charge < -0.3 is 14.5 Å². The monoisotopic (exact) mass is 448 g/mol. The van der Waals surface area contributed by atoms with Crippen LogP contribution in [0.1, 0.15) is 35.3 Å². The number of aldehydes is 1. The molecule has 1 aromatic heterocycles. The van der Waals surface area contributed by atoms with E-state index in [2.05, 4.69) is 39.4 Å². The van der Waals surface area contributed by atoms with Gasteiger partial charge in [0.05, 0.1) is 18.5 Å². The number of hydrogen-bond acceptors (Lipinski definition) is 6. The van der Waals surface area contributed by atoms with Crippen molar-refractivity contribution >= 4 is 35.0 Å². The summed E-state index contributed by atoms with van der Waals surface area (Å²) in [5.74, 6) is -0.165. The van der Waals surface area contributed by atoms with Crippen molar-refractivity contribution < 1.29 is 14.3 Å². The molecule has 5 nitrogen and oxygen atoms in total. The highest BCUT2D eigenvalue weighted by Gasteiger charge is 2.38. The number of unbranched alkanes of at least 4 members (excludes halogenated alkanes) is 1. The summed E-state index contributed by atoms with van der Waals surface area (Å²) in [6.07, 6.45) is 3.73. The van der Waals surface area contributed by atoms with E-state index in [9.17, 15) is 9.59 Å². The van der Waals surface area contributed by atoms with Gasteiger partial charge >= 0.3 is 5.97 Å². The van der Waals surface area contributed by atoms with E-state index in [1.165, 1.54) is 23.1 Å². The van der Waals surface area contributed by atoms with Crippen molar-refractivity contribution in [2.24, 2.45) is 0 Å². The summed E-state index contributed by atoms with van der Waals surface area (Å²) >= 11 is 1.74. The van der Waals surface area contributed by atoms with Crippen LogP contribution in [0, 0.1) is 0 Å². The van der Waals surface area contributed by atoms with Crippen LogP contribution < -0.4 is 9.80 Å². The van der Waals surface area contributed by atoms with E-state index in [4.69, 9.17) is 4.74 Å². The zero-order valence-corrected chi connectivity index (χ0v) is 19.1. The smallest absolute Gasteiger partial charge is 0.305 e. The third kappa shape index (κ3) is 4.86. The lowest BCUT2D eigenvalue weighted by atomic mass is 10.1. The minimum absolute atomic E-state index is 0.165. The standard InChI is InChI=1S/C26H28N2O3S/c1-31-25(30)15-9-8-14-23-26-22(19-32-23)27(16-20-10-4-2-5-11-20)24(18-29)28(26)17-21-12-6-3-7-13-21/h2-7,10-13,18-19,24H,8-9,14-17H2,1H3. The number of carbonyl (C=O) groups is 2. The summed E-state index contributed by atoms with van der Waals surface area (Å²) in [6.45, 7) is 1.36. The molecule has 0 saturated heterocycles. The first-order chi connectivity index (χ1) is 15.7. The fraction of sp³-hybridized carbons (Fsp3) is 0.308. The van der Waals surface area contributed by atoms with Gasteiger partial charge in [-0.15, -0.1) is 11.3 Å². The quantitative estimate of drug-likeness (QED) is 0.243. The average Bonchev–Trinajstić information content (AvgIpc) is 3.37. The van der Waals surface area contributed by atoms with Crippen LogP contribution in [0.5, 0.6) is 0 Å². The van der Waals surface area contributed by atoms with Gasteiger partial charge in [0.25, 0.3) is 0 Å². The number of carbonyl (C=O) groups excluding carboxylic acids is 2. The number of fused-ring (bicyclic) bond motifs is 1. The Balaban J connectivity index is 1.60. The van der Waals surface area contributed by atoms with E-state index in [-0.39, 0.29) is 12.1 Å². The molecule has 0 bridgehead atoms. The zero-order valence-electron chi connectivity index (χ0n) is 18.3. The van der Waals surface area contributed by atoms with E-state index >= 15 is 0 Å². The van der Waals surface area contributed by atoms with E-state index < -0.39 is 0 Å². The van der Waals surface area contributed by atoms with E-state index in [0.29, 0.717) is 19.5 Å². The first-order valence-corrected chi connectivity index (χ1v) is 11.8. The van der Waals surface area contributed by atoms with Gasteiger partial charge in [-0.1, -0.05) is 60.7 Å². The third-order valence-corrected chi connectivity index (χ3v) is 6.85. The van der Waals surface area contributed by atoms with Gasteiger partial charge in [0, 0.05) is 29.8 Å². The van der Waals surface area contributed by atoms with Crippen LogP contribution in [0.15, 0.2) is 66.0 Å². The second kappa shape index (κ2) is 10.5. The summed E-state index contributed by atoms with van der Waals surface area (Å²) in [6, 6.07) is 20.5. The third-order valence-electron chi connectivity index (χ3n) is 5.83. The maximum atomic E-state index is 12.3. The number of thiophene rings is 1. The fourth-order valence-corrected chi connectivity index (χ4v) is 5.32. The Kier molecular flexibility index (Phi) is 7.22. The predicted molar refractivity (Wildman–Crippen MR) is 129 cm³/mol. The lowest BCUT2D eigenvalue weighted by Crippen LogP contribution is -2.44. The molecule has 0 spiro atoms. The number of esters is 1. The summed E-state index contributed by atoms with van der Waals surface area (Å²) < 4.78 is 4.75. The highest BCUT2D eigenvalue weighted by Crippen LogP contribution is 2.47.